The maximum atomic E-state index is 5.74. The Kier molecular flexibility index (Phi) is 8.23. The predicted octanol–water partition coefficient (Wildman–Crippen LogP) is 1.15. The van der Waals surface area contributed by atoms with Gasteiger partial charge >= 0.3 is 0 Å². The summed E-state index contributed by atoms with van der Waals surface area (Å²) in [5.74, 6) is 1.25. The van der Waals surface area contributed by atoms with Crippen molar-refractivity contribution in [3.63, 3.8) is 0 Å². The molecule has 1 unspecified atom stereocenters. The maximum Gasteiger partial charge on any atom is 0.188 e. The summed E-state index contributed by atoms with van der Waals surface area (Å²) < 4.78 is 15.6. The van der Waals surface area contributed by atoms with Gasteiger partial charge in [0.2, 0.25) is 0 Å². The molecule has 0 aliphatic carbocycles. The minimum Gasteiger partial charge on any atom is -0.497 e. The zero-order valence-corrected chi connectivity index (χ0v) is 13.0. The van der Waals surface area contributed by atoms with E-state index in [0.29, 0.717) is 32.3 Å². The second kappa shape index (κ2) is 10.0. The molecule has 0 radical (unpaired) electrons. The number of guanidine groups is 1. The van der Waals surface area contributed by atoms with Crippen LogP contribution in [0.1, 0.15) is 12.5 Å². The normalized spacial score (nSPS) is 13.0. The Labute approximate surface area is 126 Å². The number of benzene rings is 1. The number of nitrogens with one attached hydrogen (secondary N) is 1. The molecule has 6 heteroatoms. The van der Waals surface area contributed by atoms with Gasteiger partial charge in [-0.1, -0.05) is 12.1 Å². The summed E-state index contributed by atoms with van der Waals surface area (Å²) in [5.41, 5.74) is 6.84. The molecule has 118 valence electrons. The average Bonchev–Trinajstić information content (AvgIpc) is 2.47. The van der Waals surface area contributed by atoms with Crippen molar-refractivity contribution >= 4 is 5.96 Å². The van der Waals surface area contributed by atoms with Crippen molar-refractivity contribution in [2.75, 3.05) is 34.0 Å². The Morgan fingerprint density at radius 3 is 2.62 bits per heavy atom. The van der Waals surface area contributed by atoms with Crippen molar-refractivity contribution in [1.29, 1.82) is 0 Å². The smallest absolute Gasteiger partial charge is 0.188 e. The highest BCUT2D eigenvalue weighted by Crippen LogP contribution is 2.11. The molecule has 0 aliphatic heterocycles. The van der Waals surface area contributed by atoms with Gasteiger partial charge in [0, 0.05) is 13.2 Å². The zero-order chi connectivity index (χ0) is 15.5. The van der Waals surface area contributed by atoms with Gasteiger partial charge in [-0.05, 0) is 24.6 Å². The first-order valence-corrected chi connectivity index (χ1v) is 6.91. The molecule has 0 fully saturated rings. The summed E-state index contributed by atoms with van der Waals surface area (Å²) in [6.07, 6.45) is 0. The van der Waals surface area contributed by atoms with E-state index in [0.717, 1.165) is 11.3 Å². The minimum absolute atomic E-state index is 0.138. The van der Waals surface area contributed by atoms with E-state index in [1.54, 1.807) is 14.2 Å². The van der Waals surface area contributed by atoms with Crippen LogP contribution in [0, 0.1) is 0 Å². The van der Waals surface area contributed by atoms with E-state index in [-0.39, 0.29) is 6.04 Å². The highest BCUT2D eigenvalue weighted by Gasteiger charge is 2.01. The third-order valence-corrected chi connectivity index (χ3v) is 2.76. The lowest BCUT2D eigenvalue weighted by Gasteiger charge is -2.13. The van der Waals surface area contributed by atoms with Crippen molar-refractivity contribution in [3.05, 3.63) is 29.8 Å². The standard InChI is InChI=1S/C15H25N3O3/c1-12(10-19-2)18-15(16)17-8-9-21-11-13-4-6-14(20-3)7-5-13/h4-7,12H,8-11H2,1-3H3,(H3,16,17,18). The fourth-order valence-electron chi connectivity index (χ4n) is 1.73. The second-order valence-electron chi connectivity index (χ2n) is 4.67. The third kappa shape index (κ3) is 7.53. The molecule has 0 aromatic heterocycles. The van der Waals surface area contributed by atoms with Crippen LogP contribution in [0.15, 0.2) is 29.3 Å². The Balaban J connectivity index is 2.18. The highest BCUT2D eigenvalue weighted by molar-refractivity contribution is 5.78. The zero-order valence-electron chi connectivity index (χ0n) is 13.0. The summed E-state index contributed by atoms with van der Waals surface area (Å²) in [6.45, 7) is 4.16. The van der Waals surface area contributed by atoms with Crippen molar-refractivity contribution in [2.45, 2.75) is 19.6 Å². The molecule has 21 heavy (non-hydrogen) atoms. The van der Waals surface area contributed by atoms with Crippen LogP contribution in [-0.2, 0) is 16.1 Å². The van der Waals surface area contributed by atoms with Crippen LogP contribution in [-0.4, -0.2) is 46.0 Å². The van der Waals surface area contributed by atoms with Gasteiger partial charge in [0.1, 0.15) is 5.75 Å². The van der Waals surface area contributed by atoms with Crippen molar-refractivity contribution in [2.24, 2.45) is 10.7 Å². The molecular formula is C15H25N3O3. The lowest BCUT2D eigenvalue weighted by Crippen LogP contribution is -2.40. The van der Waals surface area contributed by atoms with Gasteiger partial charge in [-0.2, -0.15) is 0 Å². The monoisotopic (exact) mass is 295 g/mol. The molecule has 0 saturated heterocycles. The molecule has 1 aromatic rings. The molecule has 0 saturated carbocycles. The summed E-state index contributed by atoms with van der Waals surface area (Å²) in [4.78, 5) is 4.19. The van der Waals surface area contributed by atoms with Crippen molar-refractivity contribution in [3.8, 4) is 5.75 Å². The number of hydrogen-bond donors (Lipinski definition) is 2. The summed E-state index contributed by atoms with van der Waals surface area (Å²) >= 11 is 0. The summed E-state index contributed by atoms with van der Waals surface area (Å²) in [7, 11) is 3.30. The van der Waals surface area contributed by atoms with Gasteiger partial charge < -0.3 is 25.3 Å². The Morgan fingerprint density at radius 1 is 1.29 bits per heavy atom. The van der Waals surface area contributed by atoms with Crippen LogP contribution in [0.4, 0.5) is 0 Å². The summed E-state index contributed by atoms with van der Waals surface area (Å²) in [5, 5.41) is 3.04. The lowest BCUT2D eigenvalue weighted by molar-refractivity contribution is 0.128. The number of rotatable bonds is 9. The highest BCUT2D eigenvalue weighted by atomic mass is 16.5. The molecule has 1 aromatic carbocycles. The van der Waals surface area contributed by atoms with E-state index < -0.39 is 0 Å². The molecule has 0 bridgehead atoms. The lowest BCUT2D eigenvalue weighted by atomic mass is 10.2. The van der Waals surface area contributed by atoms with Crippen LogP contribution in [0.5, 0.6) is 5.75 Å². The Hall–Kier alpha value is -1.79. The topological polar surface area (TPSA) is 78.1 Å². The van der Waals surface area contributed by atoms with Gasteiger partial charge in [-0.25, -0.2) is 0 Å². The quantitative estimate of drug-likeness (QED) is 0.406. The first kappa shape index (κ1) is 17.3. The molecule has 1 atom stereocenters. The molecule has 0 heterocycles. The van der Waals surface area contributed by atoms with Gasteiger partial charge in [0.25, 0.3) is 0 Å². The van der Waals surface area contributed by atoms with E-state index in [2.05, 4.69) is 10.3 Å². The number of hydrogen-bond acceptors (Lipinski definition) is 4. The fraction of sp³-hybridized carbons (Fsp3) is 0.533. The first-order chi connectivity index (χ1) is 10.2. The average molecular weight is 295 g/mol. The van der Waals surface area contributed by atoms with Crippen LogP contribution < -0.4 is 15.8 Å². The largest absolute Gasteiger partial charge is 0.497 e. The number of nitrogens with two attached hydrogens (primary N) is 1. The Morgan fingerprint density at radius 2 is 2.00 bits per heavy atom. The molecule has 6 nitrogen and oxygen atoms in total. The minimum atomic E-state index is 0.138. The van der Waals surface area contributed by atoms with Gasteiger partial charge in [0.05, 0.1) is 33.5 Å². The molecule has 3 N–H and O–H groups in total. The van der Waals surface area contributed by atoms with Gasteiger partial charge in [0.15, 0.2) is 5.96 Å². The van der Waals surface area contributed by atoms with Crippen LogP contribution in [0.2, 0.25) is 0 Å². The molecule has 0 amide bonds. The maximum absolute atomic E-state index is 5.74. The third-order valence-electron chi connectivity index (χ3n) is 2.76. The van der Waals surface area contributed by atoms with Crippen LogP contribution in [0.25, 0.3) is 0 Å². The number of methoxy groups -OCH3 is 2. The molecule has 0 spiro atoms. The predicted molar refractivity (Wildman–Crippen MR) is 83.6 cm³/mol. The number of nitrogens with zero attached hydrogens (tertiary/aromatic N) is 1. The van der Waals surface area contributed by atoms with E-state index >= 15 is 0 Å². The summed E-state index contributed by atoms with van der Waals surface area (Å²) in [6, 6.07) is 7.92. The fourth-order valence-corrected chi connectivity index (χ4v) is 1.73. The van der Waals surface area contributed by atoms with E-state index in [1.807, 2.05) is 31.2 Å². The number of ether oxygens (including phenoxy) is 3. The molecular weight excluding hydrogens is 270 g/mol. The SMILES string of the molecule is COCC(C)NC(N)=NCCOCc1ccc(OC)cc1. The van der Waals surface area contributed by atoms with E-state index in [9.17, 15) is 0 Å². The van der Waals surface area contributed by atoms with E-state index in [4.69, 9.17) is 19.9 Å². The second-order valence-corrected chi connectivity index (χ2v) is 4.67. The van der Waals surface area contributed by atoms with Gasteiger partial charge in [-0.3, -0.25) is 4.99 Å². The van der Waals surface area contributed by atoms with Crippen molar-refractivity contribution < 1.29 is 14.2 Å². The molecule has 1 rings (SSSR count). The first-order valence-electron chi connectivity index (χ1n) is 6.91. The van der Waals surface area contributed by atoms with Crippen LogP contribution >= 0.6 is 0 Å². The Bertz CT molecular complexity index is 421. The van der Waals surface area contributed by atoms with Gasteiger partial charge in [-0.15, -0.1) is 0 Å². The van der Waals surface area contributed by atoms with Crippen molar-refractivity contribution in [1.82, 2.24) is 5.32 Å². The molecule has 0 aliphatic rings. The number of aliphatic imine (C=N–C) groups is 1. The van der Waals surface area contributed by atoms with Crippen LogP contribution in [0.3, 0.4) is 0 Å². The van der Waals surface area contributed by atoms with E-state index in [1.165, 1.54) is 0 Å².